The molecular formula is C14H18ClN3. The van der Waals surface area contributed by atoms with Crippen molar-refractivity contribution in [2.24, 2.45) is 5.73 Å². The highest BCUT2D eigenvalue weighted by Crippen LogP contribution is 2.24. The number of aryl methyl sites for hydroxylation is 1. The van der Waals surface area contributed by atoms with Gasteiger partial charge in [-0.15, -0.1) is 0 Å². The molecule has 0 bridgehead atoms. The van der Waals surface area contributed by atoms with Crippen LogP contribution in [-0.2, 0) is 6.54 Å². The van der Waals surface area contributed by atoms with Crippen LogP contribution in [0.15, 0.2) is 24.3 Å². The second-order valence-electron chi connectivity index (χ2n) is 4.76. The van der Waals surface area contributed by atoms with Crippen molar-refractivity contribution < 1.29 is 0 Å². The van der Waals surface area contributed by atoms with Crippen LogP contribution in [0.5, 0.6) is 0 Å². The van der Waals surface area contributed by atoms with E-state index in [2.05, 4.69) is 25.0 Å². The van der Waals surface area contributed by atoms with Gasteiger partial charge >= 0.3 is 0 Å². The molecular weight excluding hydrogens is 246 g/mol. The molecule has 3 nitrogen and oxygen atoms in total. The second-order valence-corrected chi connectivity index (χ2v) is 5.20. The van der Waals surface area contributed by atoms with Crippen LogP contribution in [0.1, 0.15) is 36.7 Å². The van der Waals surface area contributed by atoms with Gasteiger partial charge in [-0.05, 0) is 42.7 Å². The number of halogens is 1. The Morgan fingerprint density at radius 2 is 2.06 bits per heavy atom. The van der Waals surface area contributed by atoms with E-state index in [-0.39, 0.29) is 0 Å². The summed E-state index contributed by atoms with van der Waals surface area (Å²) in [5, 5.41) is 5.30. The maximum Gasteiger partial charge on any atom is 0.0767 e. The van der Waals surface area contributed by atoms with Crippen molar-refractivity contribution in [3.8, 4) is 5.69 Å². The molecule has 2 N–H and O–H groups in total. The van der Waals surface area contributed by atoms with Gasteiger partial charge in [0.25, 0.3) is 0 Å². The monoisotopic (exact) mass is 263 g/mol. The summed E-state index contributed by atoms with van der Waals surface area (Å²) in [6.07, 6.45) is 0. The Balaban J connectivity index is 2.58. The van der Waals surface area contributed by atoms with Crippen LogP contribution in [0.3, 0.4) is 0 Å². The number of hydrogen-bond donors (Lipinski definition) is 1. The van der Waals surface area contributed by atoms with Gasteiger partial charge in [0.1, 0.15) is 0 Å². The minimum Gasteiger partial charge on any atom is -0.325 e. The lowest BCUT2D eigenvalue weighted by atomic mass is 10.1. The van der Waals surface area contributed by atoms with E-state index < -0.39 is 0 Å². The first-order valence-electron chi connectivity index (χ1n) is 6.08. The van der Waals surface area contributed by atoms with E-state index in [1.807, 2.05) is 29.8 Å². The molecule has 1 heterocycles. The van der Waals surface area contributed by atoms with Crippen molar-refractivity contribution in [3.63, 3.8) is 0 Å². The highest BCUT2D eigenvalue weighted by molar-refractivity contribution is 6.30. The summed E-state index contributed by atoms with van der Waals surface area (Å²) in [6.45, 7) is 6.80. The van der Waals surface area contributed by atoms with Crippen LogP contribution in [-0.4, -0.2) is 9.78 Å². The van der Waals surface area contributed by atoms with E-state index in [4.69, 9.17) is 17.3 Å². The highest BCUT2D eigenvalue weighted by Gasteiger charge is 2.13. The van der Waals surface area contributed by atoms with Crippen molar-refractivity contribution in [2.45, 2.75) is 33.2 Å². The number of nitrogens with two attached hydrogens (primary N) is 1. The molecule has 0 aliphatic rings. The van der Waals surface area contributed by atoms with E-state index in [1.54, 1.807) is 0 Å². The Morgan fingerprint density at radius 1 is 1.33 bits per heavy atom. The summed E-state index contributed by atoms with van der Waals surface area (Å²) in [7, 11) is 0. The summed E-state index contributed by atoms with van der Waals surface area (Å²) in [5.74, 6) is 0.396. The molecule has 0 fully saturated rings. The lowest BCUT2D eigenvalue weighted by Crippen LogP contribution is -2.06. The zero-order chi connectivity index (χ0) is 13.3. The van der Waals surface area contributed by atoms with Crippen molar-refractivity contribution in [3.05, 3.63) is 46.2 Å². The topological polar surface area (TPSA) is 43.8 Å². The van der Waals surface area contributed by atoms with Crippen LogP contribution in [0.4, 0.5) is 0 Å². The lowest BCUT2D eigenvalue weighted by molar-refractivity contribution is 0.724. The van der Waals surface area contributed by atoms with Gasteiger partial charge in [-0.25, -0.2) is 4.68 Å². The molecule has 0 aliphatic carbocycles. The van der Waals surface area contributed by atoms with E-state index in [1.165, 1.54) is 5.69 Å². The number of rotatable bonds is 3. The summed E-state index contributed by atoms with van der Waals surface area (Å²) < 4.78 is 1.97. The first kappa shape index (κ1) is 13.1. The molecule has 2 rings (SSSR count). The predicted molar refractivity (Wildman–Crippen MR) is 75.3 cm³/mol. The average Bonchev–Trinajstić information content (AvgIpc) is 2.73. The van der Waals surface area contributed by atoms with E-state index in [0.29, 0.717) is 12.5 Å². The van der Waals surface area contributed by atoms with Gasteiger partial charge in [0.2, 0.25) is 0 Å². The maximum absolute atomic E-state index is 5.99. The molecule has 0 saturated heterocycles. The largest absolute Gasteiger partial charge is 0.325 e. The molecule has 96 valence electrons. The number of hydrogen-bond acceptors (Lipinski definition) is 2. The van der Waals surface area contributed by atoms with E-state index in [0.717, 1.165) is 22.0 Å². The maximum atomic E-state index is 5.99. The molecule has 2 aromatic rings. The van der Waals surface area contributed by atoms with Crippen molar-refractivity contribution in [2.75, 3.05) is 0 Å². The number of aromatic nitrogens is 2. The van der Waals surface area contributed by atoms with Gasteiger partial charge < -0.3 is 5.73 Å². The Hall–Kier alpha value is -1.32. The smallest absolute Gasteiger partial charge is 0.0767 e. The fourth-order valence-electron chi connectivity index (χ4n) is 2.01. The summed E-state index contributed by atoms with van der Waals surface area (Å²) in [4.78, 5) is 0. The van der Waals surface area contributed by atoms with Gasteiger partial charge in [-0.2, -0.15) is 5.10 Å². The van der Waals surface area contributed by atoms with Crippen molar-refractivity contribution >= 4 is 11.6 Å². The highest BCUT2D eigenvalue weighted by atomic mass is 35.5. The number of nitrogens with zero attached hydrogens (tertiary/aromatic N) is 2. The quantitative estimate of drug-likeness (QED) is 0.922. The van der Waals surface area contributed by atoms with Crippen LogP contribution < -0.4 is 5.73 Å². The van der Waals surface area contributed by atoms with E-state index >= 15 is 0 Å². The van der Waals surface area contributed by atoms with Gasteiger partial charge in [-0.3, -0.25) is 0 Å². The molecule has 0 aliphatic heterocycles. The SMILES string of the molecule is Cc1cc(Cl)ccc1-n1nc(CN)cc1C(C)C. The van der Waals surface area contributed by atoms with Gasteiger partial charge in [0, 0.05) is 17.3 Å². The Bertz CT molecular complexity index is 558. The standard InChI is InChI=1S/C14H18ClN3/c1-9(2)14-7-12(8-16)17-18(14)13-5-4-11(15)6-10(13)3/h4-7,9H,8,16H2,1-3H3. The third-order valence-corrected chi connectivity index (χ3v) is 3.21. The Labute approximate surface area is 113 Å². The fraction of sp³-hybridized carbons (Fsp3) is 0.357. The molecule has 0 radical (unpaired) electrons. The zero-order valence-corrected chi connectivity index (χ0v) is 11.7. The fourth-order valence-corrected chi connectivity index (χ4v) is 2.23. The van der Waals surface area contributed by atoms with E-state index in [9.17, 15) is 0 Å². The third kappa shape index (κ3) is 2.42. The van der Waals surface area contributed by atoms with Crippen LogP contribution in [0.25, 0.3) is 5.69 Å². The van der Waals surface area contributed by atoms with Gasteiger partial charge in [-0.1, -0.05) is 25.4 Å². The average molecular weight is 264 g/mol. The molecule has 0 amide bonds. The molecule has 0 unspecified atom stereocenters. The van der Waals surface area contributed by atoms with Crippen LogP contribution >= 0.6 is 11.6 Å². The van der Waals surface area contributed by atoms with Gasteiger partial charge in [0.05, 0.1) is 11.4 Å². The molecule has 0 atom stereocenters. The first-order valence-corrected chi connectivity index (χ1v) is 6.46. The zero-order valence-electron chi connectivity index (χ0n) is 10.9. The molecule has 0 saturated carbocycles. The minimum absolute atomic E-state index is 0.396. The predicted octanol–water partition coefficient (Wildman–Crippen LogP) is 3.42. The summed E-state index contributed by atoms with van der Waals surface area (Å²) >= 11 is 5.99. The second kappa shape index (κ2) is 5.12. The van der Waals surface area contributed by atoms with Crippen molar-refractivity contribution in [1.29, 1.82) is 0 Å². The van der Waals surface area contributed by atoms with Gasteiger partial charge in [0.15, 0.2) is 0 Å². The molecule has 1 aromatic carbocycles. The normalized spacial score (nSPS) is 11.2. The summed E-state index contributed by atoms with van der Waals surface area (Å²) in [5.41, 5.74) is 9.92. The Morgan fingerprint density at radius 3 is 2.61 bits per heavy atom. The molecule has 1 aromatic heterocycles. The minimum atomic E-state index is 0.396. The lowest BCUT2D eigenvalue weighted by Gasteiger charge is -2.12. The Kier molecular flexibility index (Phi) is 3.73. The molecule has 4 heteroatoms. The number of benzene rings is 1. The van der Waals surface area contributed by atoms with Crippen LogP contribution in [0, 0.1) is 6.92 Å². The summed E-state index contributed by atoms with van der Waals surface area (Å²) in [6, 6.07) is 7.90. The molecule has 18 heavy (non-hydrogen) atoms. The van der Waals surface area contributed by atoms with Crippen LogP contribution in [0.2, 0.25) is 5.02 Å². The molecule has 0 spiro atoms. The third-order valence-electron chi connectivity index (χ3n) is 2.98. The van der Waals surface area contributed by atoms with Crippen molar-refractivity contribution in [1.82, 2.24) is 9.78 Å². The first-order chi connectivity index (χ1) is 8.52.